The third-order valence-electron chi connectivity index (χ3n) is 3.42. The SMILES string of the molecule is CCc1c(C)sc(NC(=O)CNC(=O)CCC(C)C)c1C(=O)O. The van der Waals surface area contributed by atoms with Gasteiger partial charge in [0.1, 0.15) is 5.00 Å². The zero-order valence-electron chi connectivity index (χ0n) is 14.0. The van der Waals surface area contributed by atoms with Gasteiger partial charge in [0.2, 0.25) is 11.8 Å². The van der Waals surface area contributed by atoms with E-state index in [1.54, 1.807) is 0 Å². The minimum atomic E-state index is -1.05. The number of rotatable bonds is 8. The Morgan fingerprint density at radius 3 is 2.39 bits per heavy atom. The van der Waals surface area contributed by atoms with E-state index in [0.717, 1.165) is 16.9 Å². The van der Waals surface area contributed by atoms with Crippen molar-refractivity contribution in [2.45, 2.75) is 47.0 Å². The molecule has 1 aromatic rings. The molecule has 0 aliphatic rings. The van der Waals surface area contributed by atoms with Crippen molar-refractivity contribution in [3.63, 3.8) is 0 Å². The van der Waals surface area contributed by atoms with Crippen LogP contribution in [-0.2, 0) is 16.0 Å². The highest BCUT2D eigenvalue weighted by atomic mass is 32.1. The van der Waals surface area contributed by atoms with Gasteiger partial charge >= 0.3 is 5.97 Å². The Bertz CT molecular complexity index is 593. The molecule has 0 aliphatic carbocycles. The second-order valence-electron chi connectivity index (χ2n) is 5.76. The first-order valence-corrected chi connectivity index (χ1v) is 8.49. The van der Waals surface area contributed by atoms with Crippen molar-refractivity contribution < 1.29 is 19.5 Å². The van der Waals surface area contributed by atoms with Gasteiger partial charge in [-0.05, 0) is 31.2 Å². The fourth-order valence-electron chi connectivity index (χ4n) is 2.18. The maximum Gasteiger partial charge on any atom is 0.339 e. The zero-order chi connectivity index (χ0) is 17.6. The van der Waals surface area contributed by atoms with E-state index in [1.807, 2.05) is 27.7 Å². The second kappa shape index (κ2) is 8.67. The minimum absolute atomic E-state index is 0.148. The first-order valence-electron chi connectivity index (χ1n) is 7.68. The molecule has 1 heterocycles. The molecule has 0 saturated heterocycles. The Balaban J connectivity index is 2.64. The highest BCUT2D eigenvalue weighted by molar-refractivity contribution is 7.16. The average Bonchev–Trinajstić information content (AvgIpc) is 2.78. The maximum absolute atomic E-state index is 11.9. The number of carbonyl (C=O) groups excluding carboxylic acids is 2. The van der Waals surface area contributed by atoms with E-state index in [-0.39, 0.29) is 18.0 Å². The van der Waals surface area contributed by atoms with E-state index in [4.69, 9.17) is 0 Å². The quantitative estimate of drug-likeness (QED) is 0.678. The molecule has 0 fully saturated rings. The Hall–Kier alpha value is -1.89. The lowest BCUT2D eigenvalue weighted by molar-refractivity contribution is -0.124. The van der Waals surface area contributed by atoms with Crippen LogP contribution in [0.25, 0.3) is 0 Å². The molecule has 7 heteroatoms. The van der Waals surface area contributed by atoms with Crippen molar-refractivity contribution in [1.82, 2.24) is 5.32 Å². The topological polar surface area (TPSA) is 95.5 Å². The van der Waals surface area contributed by atoms with Crippen molar-refractivity contribution in [1.29, 1.82) is 0 Å². The number of amides is 2. The summed E-state index contributed by atoms with van der Waals surface area (Å²) < 4.78 is 0. The summed E-state index contributed by atoms with van der Waals surface area (Å²) in [6.45, 7) is 7.60. The number of anilines is 1. The van der Waals surface area contributed by atoms with Crippen LogP contribution >= 0.6 is 11.3 Å². The molecular weight excluding hydrogens is 316 g/mol. The van der Waals surface area contributed by atoms with Gasteiger partial charge in [-0.15, -0.1) is 11.3 Å². The summed E-state index contributed by atoms with van der Waals surface area (Å²) in [6.07, 6.45) is 1.73. The van der Waals surface area contributed by atoms with Crippen molar-refractivity contribution >= 4 is 34.1 Å². The molecule has 0 aliphatic heterocycles. The molecule has 0 spiro atoms. The summed E-state index contributed by atoms with van der Waals surface area (Å²) in [5, 5.41) is 14.8. The number of hydrogen-bond donors (Lipinski definition) is 3. The van der Waals surface area contributed by atoms with Crippen molar-refractivity contribution in [2.75, 3.05) is 11.9 Å². The number of carboxylic acid groups (broad SMARTS) is 1. The van der Waals surface area contributed by atoms with Crippen LogP contribution in [0.5, 0.6) is 0 Å². The molecular formula is C16H24N2O4S. The molecule has 0 atom stereocenters. The maximum atomic E-state index is 11.9. The molecule has 23 heavy (non-hydrogen) atoms. The first-order chi connectivity index (χ1) is 10.8. The fourth-order valence-corrected chi connectivity index (χ4v) is 3.33. The largest absolute Gasteiger partial charge is 0.478 e. The molecule has 1 rings (SSSR count). The lowest BCUT2D eigenvalue weighted by Gasteiger charge is -2.08. The Morgan fingerprint density at radius 1 is 1.22 bits per heavy atom. The number of thiophene rings is 1. The molecule has 6 nitrogen and oxygen atoms in total. The van der Waals surface area contributed by atoms with E-state index < -0.39 is 11.9 Å². The van der Waals surface area contributed by atoms with Crippen LogP contribution in [0.2, 0.25) is 0 Å². The third kappa shape index (κ3) is 5.67. The van der Waals surface area contributed by atoms with Crippen LogP contribution in [0, 0.1) is 12.8 Å². The number of aromatic carboxylic acids is 1. The average molecular weight is 340 g/mol. The van der Waals surface area contributed by atoms with Gasteiger partial charge in [0.15, 0.2) is 0 Å². The van der Waals surface area contributed by atoms with E-state index in [1.165, 1.54) is 11.3 Å². The van der Waals surface area contributed by atoms with Gasteiger partial charge in [-0.2, -0.15) is 0 Å². The highest BCUT2D eigenvalue weighted by Crippen LogP contribution is 2.33. The van der Waals surface area contributed by atoms with Crippen molar-refractivity contribution in [3.8, 4) is 0 Å². The molecule has 1 aromatic heterocycles. The summed E-state index contributed by atoms with van der Waals surface area (Å²) in [7, 11) is 0. The summed E-state index contributed by atoms with van der Waals surface area (Å²) >= 11 is 1.25. The molecule has 128 valence electrons. The van der Waals surface area contributed by atoms with E-state index in [2.05, 4.69) is 10.6 Å². The number of aryl methyl sites for hydroxylation is 1. The van der Waals surface area contributed by atoms with Crippen molar-refractivity contribution in [3.05, 3.63) is 16.0 Å². The van der Waals surface area contributed by atoms with Crippen LogP contribution < -0.4 is 10.6 Å². The monoisotopic (exact) mass is 340 g/mol. The van der Waals surface area contributed by atoms with E-state index in [9.17, 15) is 19.5 Å². The molecule has 0 bridgehead atoms. The van der Waals surface area contributed by atoms with Gasteiger partial charge in [-0.3, -0.25) is 9.59 Å². The van der Waals surface area contributed by atoms with Crippen LogP contribution in [0.15, 0.2) is 0 Å². The summed E-state index contributed by atoms with van der Waals surface area (Å²) in [4.78, 5) is 35.8. The van der Waals surface area contributed by atoms with Crippen LogP contribution in [0.1, 0.15) is 54.4 Å². The number of hydrogen-bond acceptors (Lipinski definition) is 4. The summed E-state index contributed by atoms with van der Waals surface area (Å²) in [6, 6.07) is 0. The van der Waals surface area contributed by atoms with Gasteiger partial charge in [0.05, 0.1) is 12.1 Å². The van der Waals surface area contributed by atoms with E-state index >= 15 is 0 Å². The molecule has 0 saturated carbocycles. The van der Waals surface area contributed by atoms with Gasteiger partial charge in [0.25, 0.3) is 0 Å². The van der Waals surface area contributed by atoms with Gasteiger partial charge in [-0.1, -0.05) is 20.8 Å². The molecule has 0 aromatic carbocycles. The minimum Gasteiger partial charge on any atom is -0.478 e. The number of nitrogens with one attached hydrogen (secondary N) is 2. The van der Waals surface area contributed by atoms with Gasteiger partial charge in [0, 0.05) is 11.3 Å². The van der Waals surface area contributed by atoms with Crippen LogP contribution in [-0.4, -0.2) is 29.4 Å². The lowest BCUT2D eigenvalue weighted by Crippen LogP contribution is -2.33. The molecule has 0 radical (unpaired) electrons. The first kappa shape index (κ1) is 19.2. The van der Waals surface area contributed by atoms with Crippen LogP contribution in [0.3, 0.4) is 0 Å². The predicted octanol–water partition coefficient (Wildman–Crippen LogP) is 2.81. The molecule has 0 unspecified atom stereocenters. The van der Waals surface area contributed by atoms with E-state index in [0.29, 0.717) is 23.8 Å². The fraction of sp³-hybridized carbons (Fsp3) is 0.562. The molecule has 3 N–H and O–H groups in total. The smallest absolute Gasteiger partial charge is 0.339 e. The number of carbonyl (C=O) groups is 3. The Kier molecular flexibility index (Phi) is 7.22. The van der Waals surface area contributed by atoms with Gasteiger partial charge < -0.3 is 15.7 Å². The normalized spacial score (nSPS) is 10.7. The third-order valence-corrected chi connectivity index (χ3v) is 4.49. The zero-order valence-corrected chi connectivity index (χ0v) is 14.8. The van der Waals surface area contributed by atoms with Crippen molar-refractivity contribution in [2.24, 2.45) is 5.92 Å². The summed E-state index contributed by atoms with van der Waals surface area (Å²) in [5.41, 5.74) is 0.883. The Labute approximate surface area is 140 Å². The second-order valence-corrected chi connectivity index (χ2v) is 6.98. The standard InChI is InChI=1S/C16H24N2O4S/c1-5-11-10(4)23-15(14(11)16(21)22)18-13(20)8-17-12(19)7-6-9(2)3/h9H,5-8H2,1-4H3,(H,17,19)(H,18,20)(H,21,22). The highest BCUT2D eigenvalue weighted by Gasteiger charge is 2.21. The number of carboxylic acids is 1. The lowest BCUT2D eigenvalue weighted by atomic mass is 10.1. The molecule has 2 amide bonds. The van der Waals surface area contributed by atoms with Gasteiger partial charge in [-0.25, -0.2) is 4.79 Å². The predicted molar refractivity (Wildman–Crippen MR) is 91.1 cm³/mol. The van der Waals surface area contributed by atoms with Crippen LogP contribution in [0.4, 0.5) is 5.00 Å². The summed E-state index contributed by atoms with van der Waals surface area (Å²) in [5.74, 6) is -1.23. The Morgan fingerprint density at radius 2 is 1.87 bits per heavy atom.